The number of ether oxygens (including phenoxy) is 2. The van der Waals surface area contributed by atoms with Crippen LogP contribution in [0.4, 0.5) is 14.7 Å². The molecule has 10 heteroatoms. The number of rotatable bonds is 10. The van der Waals surface area contributed by atoms with E-state index in [0.29, 0.717) is 19.1 Å². The van der Waals surface area contributed by atoms with Gasteiger partial charge in [0.1, 0.15) is 12.2 Å². The molecule has 1 aromatic carbocycles. The maximum atomic E-state index is 14.6. The van der Waals surface area contributed by atoms with Crippen molar-refractivity contribution in [3.8, 4) is 0 Å². The number of methoxy groups -OCH3 is 1. The number of benzene rings is 1. The molecule has 0 atom stereocenters. The van der Waals surface area contributed by atoms with Gasteiger partial charge in [0.25, 0.3) is 0 Å². The number of hydrogen-bond donors (Lipinski definition) is 1. The van der Waals surface area contributed by atoms with Gasteiger partial charge in [0.2, 0.25) is 5.95 Å². The summed E-state index contributed by atoms with van der Waals surface area (Å²) in [5.41, 5.74) is -0.120. The third-order valence-corrected chi connectivity index (χ3v) is 7.15. The molecule has 0 saturated carbocycles. The second-order valence-corrected chi connectivity index (χ2v) is 14.7. The maximum Gasteiger partial charge on any atom is 0.340 e. The minimum atomic E-state index is -1.29. The Kier molecular flexibility index (Phi) is 7.66. The highest BCUT2D eigenvalue weighted by molar-refractivity contribution is 6.76. The lowest BCUT2D eigenvalue weighted by atomic mass is 10.1. The second-order valence-electron chi connectivity index (χ2n) is 9.10. The van der Waals surface area contributed by atoms with Crippen LogP contribution in [-0.2, 0) is 16.2 Å². The molecule has 0 unspecified atom stereocenters. The van der Waals surface area contributed by atoms with Crippen molar-refractivity contribution in [2.24, 2.45) is 0 Å². The zero-order valence-electron chi connectivity index (χ0n) is 18.8. The van der Waals surface area contributed by atoms with E-state index in [1.807, 2.05) is 0 Å². The Morgan fingerprint density at radius 3 is 2.61 bits per heavy atom. The van der Waals surface area contributed by atoms with E-state index in [1.165, 1.54) is 20.0 Å². The summed E-state index contributed by atoms with van der Waals surface area (Å²) in [5.74, 6) is -2.64. The minimum Gasteiger partial charge on any atom is -0.465 e. The van der Waals surface area contributed by atoms with Gasteiger partial charge in [-0.3, -0.25) is 4.57 Å². The average molecular weight is 455 g/mol. The van der Waals surface area contributed by atoms with E-state index in [2.05, 4.69) is 34.8 Å². The number of fused-ring (bicyclic) bond motifs is 1. The number of imidazole rings is 1. The number of nitrogens with zero attached hydrogens (tertiary/aromatic N) is 3. The van der Waals surface area contributed by atoms with Gasteiger partial charge in [-0.2, -0.15) is 0 Å². The molecule has 1 aliphatic rings. The third-order valence-electron chi connectivity index (χ3n) is 5.44. The number of nitrogens with one attached hydrogen (secondary N) is 1. The van der Waals surface area contributed by atoms with Crippen LogP contribution in [0, 0.1) is 11.6 Å². The lowest BCUT2D eigenvalue weighted by Gasteiger charge is -2.18. The average Bonchev–Trinajstić information content (AvgIpc) is 3.35. The van der Waals surface area contributed by atoms with Gasteiger partial charge < -0.3 is 19.7 Å². The van der Waals surface area contributed by atoms with Gasteiger partial charge in [0.15, 0.2) is 11.6 Å². The Labute approximate surface area is 182 Å². The van der Waals surface area contributed by atoms with Crippen molar-refractivity contribution in [1.29, 1.82) is 0 Å². The standard InChI is InChI=1S/C21H32F2N4O3Si/c1-29-20(28)15-13-16(22)17(23)18-19(15)27(14-30-11-12-31(2,3)4)21(25-18)24-7-10-26-8-5-6-9-26/h13H,5-12,14H2,1-4H3,(H,24,25). The van der Waals surface area contributed by atoms with Crippen LogP contribution < -0.4 is 5.32 Å². The summed E-state index contributed by atoms with van der Waals surface area (Å²) in [6.07, 6.45) is 2.38. The second kappa shape index (κ2) is 10.1. The van der Waals surface area contributed by atoms with Crippen LogP contribution in [0.1, 0.15) is 23.2 Å². The molecule has 0 amide bonds. The fourth-order valence-corrected chi connectivity index (χ4v) is 4.40. The first kappa shape index (κ1) is 23.6. The Hall–Kier alpha value is -2.04. The first-order valence-corrected chi connectivity index (χ1v) is 14.4. The Balaban J connectivity index is 1.91. The predicted octanol–water partition coefficient (Wildman–Crippen LogP) is 3.92. The summed E-state index contributed by atoms with van der Waals surface area (Å²) in [6, 6.07) is 1.82. The molecule has 3 rings (SSSR count). The quantitative estimate of drug-likeness (QED) is 0.333. The van der Waals surface area contributed by atoms with Crippen molar-refractivity contribution >= 4 is 31.0 Å². The van der Waals surface area contributed by atoms with Gasteiger partial charge in [-0.15, -0.1) is 0 Å². The number of aromatic nitrogens is 2. The van der Waals surface area contributed by atoms with E-state index < -0.39 is 25.7 Å². The van der Waals surface area contributed by atoms with Crippen molar-refractivity contribution < 1.29 is 23.0 Å². The van der Waals surface area contributed by atoms with Crippen molar-refractivity contribution in [1.82, 2.24) is 14.5 Å². The van der Waals surface area contributed by atoms with Gasteiger partial charge in [-0.1, -0.05) is 19.6 Å². The zero-order valence-corrected chi connectivity index (χ0v) is 19.8. The summed E-state index contributed by atoms with van der Waals surface area (Å²) in [6.45, 7) is 10.9. The van der Waals surface area contributed by atoms with Crippen LogP contribution in [0.25, 0.3) is 11.0 Å². The molecule has 7 nitrogen and oxygen atoms in total. The molecule has 31 heavy (non-hydrogen) atoms. The summed E-state index contributed by atoms with van der Waals surface area (Å²) < 4.78 is 41.0. The van der Waals surface area contributed by atoms with E-state index in [0.717, 1.165) is 31.7 Å². The largest absolute Gasteiger partial charge is 0.465 e. The van der Waals surface area contributed by atoms with Gasteiger partial charge in [0, 0.05) is 27.8 Å². The summed E-state index contributed by atoms with van der Waals surface area (Å²) in [4.78, 5) is 18.9. The molecule has 0 radical (unpaired) electrons. The van der Waals surface area contributed by atoms with Crippen molar-refractivity contribution in [2.75, 3.05) is 45.2 Å². The normalized spacial score (nSPS) is 15.0. The van der Waals surface area contributed by atoms with Crippen LogP contribution in [0.3, 0.4) is 0 Å². The van der Waals surface area contributed by atoms with Gasteiger partial charge >= 0.3 is 5.97 Å². The van der Waals surface area contributed by atoms with Crippen molar-refractivity contribution in [3.63, 3.8) is 0 Å². The third kappa shape index (κ3) is 5.81. The number of likely N-dealkylation sites (tertiary alicyclic amines) is 1. The van der Waals surface area contributed by atoms with Crippen molar-refractivity contribution in [2.45, 2.75) is 45.3 Å². The van der Waals surface area contributed by atoms with Gasteiger partial charge in [-0.05, 0) is 38.0 Å². The maximum absolute atomic E-state index is 14.6. The summed E-state index contributed by atoms with van der Waals surface area (Å²) in [7, 11) is -0.0843. The van der Waals surface area contributed by atoms with E-state index in [9.17, 15) is 13.6 Å². The molecule has 1 N–H and O–H groups in total. The van der Waals surface area contributed by atoms with E-state index in [4.69, 9.17) is 9.47 Å². The number of carbonyl (C=O) groups excluding carboxylic acids is 1. The highest BCUT2D eigenvalue weighted by atomic mass is 28.3. The molecule has 2 heterocycles. The molecular formula is C21H32F2N4O3Si. The van der Waals surface area contributed by atoms with Crippen molar-refractivity contribution in [3.05, 3.63) is 23.3 Å². The molecule has 0 bridgehead atoms. The molecule has 1 aliphatic heterocycles. The molecule has 2 aromatic rings. The van der Waals surface area contributed by atoms with Crippen LogP contribution in [0.2, 0.25) is 25.7 Å². The Bertz CT molecular complexity index is 924. The molecular weight excluding hydrogens is 422 g/mol. The van der Waals surface area contributed by atoms with E-state index in [-0.39, 0.29) is 23.3 Å². The Morgan fingerprint density at radius 2 is 1.97 bits per heavy atom. The first-order valence-electron chi connectivity index (χ1n) is 10.7. The fourth-order valence-electron chi connectivity index (χ4n) is 3.64. The lowest BCUT2D eigenvalue weighted by Crippen LogP contribution is -2.27. The fraction of sp³-hybridized carbons (Fsp3) is 0.619. The number of carbonyl (C=O) groups is 1. The van der Waals surface area contributed by atoms with E-state index in [1.54, 1.807) is 4.57 Å². The predicted molar refractivity (Wildman–Crippen MR) is 119 cm³/mol. The highest BCUT2D eigenvalue weighted by Gasteiger charge is 2.25. The summed E-state index contributed by atoms with van der Waals surface area (Å²) in [5, 5.41) is 3.22. The zero-order chi connectivity index (χ0) is 22.6. The molecule has 1 saturated heterocycles. The topological polar surface area (TPSA) is 68.6 Å². The first-order chi connectivity index (χ1) is 14.7. The molecule has 1 fully saturated rings. The number of halogens is 2. The van der Waals surface area contributed by atoms with Gasteiger partial charge in [-0.25, -0.2) is 18.6 Å². The van der Waals surface area contributed by atoms with E-state index >= 15 is 0 Å². The smallest absolute Gasteiger partial charge is 0.340 e. The van der Waals surface area contributed by atoms with Crippen LogP contribution >= 0.6 is 0 Å². The molecule has 172 valence electrons. The lowest BCUT2D eigenvalue weighted by molar-refractivity contribution is 0.0600. The van der Waals surface area contributed by atoms with Crippen LogP contribution in [0.5, 0.6) is 0 Å². The number of anilines is 1. The number of esters is 1. The SMILES string of the molecule is COC(=O)c1cc(F)c(F)c2nc(NCCN3CCCC3)n(COCC[Si](C)(C)C)c12. The van der Waals surface area contributed by atoms with Crippen LogP contribution in [0.15, 0.2) is 6.07 Å². The Morgan fingerprint density at radius 1 is 1.26 bits per heavy atom. The summed E-state index contributed by atoms with van der Waals surface area (Å²) >= 11 is 0. The van der Waals surface area contributed by atoms with Gasteiger partial charge in [0.05, 0.1) is 18.2 Å². The highest BCUT2D eigenvalue weighted by Crippen LogP contribution is 2.28. The van der Waals surface area contributed by atoms with Crippen LogP contribution in [-0.4, -0.2) is 68.4 Å². The molecule has 1 aromatic heterocycles. The monoisotopic (exact) mass is 454 g/mol. The molecule has 0 aliphatic carbocycles. The molecule has 0 spiro atoms. The number of hydrogen-bond acceptors (Lipinski definition) is 6. The minimum absolute atomic E-state index is 0.0715.